The number of piperidine rings is 1. The highest BCUT2D eigenvalue weighted by molar-refractivity contribution is 5.69. The predicted molar refractivity (Wildman–Crippen MR) is 67.5 cm³/mol. The second-order valence-corrected chi connectivity index (χ2v) is 5.46. The summed E-state index contributed by atoms with van der Waals surface area (Å²) in [6.45, 7) is 7.04. The first-order chi connectivity index (χ1) is 8.06. The molecule has 1 rings (SSSR count). The number of esters is 1. The molecule has 0 spiro atoms. The van der Waals surface area contributed by atoms with Crippen molar-refractivity contribution in [3.8, 4) is 0 Å². The van der Waals surface area contributed by atoms with Crippen molar-refractivity contribution in [1.29, 1.82) is 0 Å². The number of quaternary nitrogens is 1. The summed E-state index contributed by atoms with van der Waals surface area (Å²) in [7, 11) is 0. The summed E-state index contributed by atoms with van der Waals surface area (Å²) in [5, 5.41) is 2.33. The van der Waals surface area contributed by atoms with Crippen molar-refractivity contribution in [2.75, 3.05) is 19.6 Å². The van der Waals surface area contributed by atoms with Gasteiger partial charge >= 0.3 is 5.97 Å². The fraction of sp³-hybridized carbons (Fsp3) is 0.923. The average molecular weight is 243 g/mol. The molecular weight excluding hydrogens is 216 g/mol. The topological polar surface area (TPSA) is 68.9 Å². The van der Waals surface area contributed by atoms with E-state index in [0.717, 1.165) is 38.8 Å². The zero-order chi connectivity index (χ0) is 12.7. The maximum atomic E-state index is 11.7. The minimum Gasteiger partial charge on any atom is -0.459 e. The molecule has 0 saturated carbocycles. The number of hydrogen-bond donors (Lipinski definition) is 2. The Morgan fingerprint density at radius 1 is 1.35 bits per heavy atom. The van der Waals surface area contributed by atoms with Crippen LogP contribution in [0.15, 0.2) is 0 Å². The quantitative estimate of drug-likeness (QED) is 0.524. The van der Waals surface area contributed by atoms with Crippen LogP contribution in [0.2, 0.25) is 0 Å². The van der Waals surface area contributed by atoms with Crippen LogP contribution in [-0.2, 0) is 9.53 Å². The van der Waals surface area contributed by atoms with E-state index in [-0.39, 0.29) is 11.6 Å². The van der Waals surface area contributed by atoms with Crippen LogP contribution in [0.5, 0.6) is 0 Å². The van der Waals surface area contributed by atoms with Gasteiger partial charge in [-0.05, 0) is 33.2 Å². The van der Waals surface area contributed by atoms with Gasteiger partial charge in [-0.2, -0.15) is 0 Å². The fourth-order valence-corrected chi connectivity index (χ4v) is 2.46. The van der Waals surface area contributed by atoms with Gasteiger partial charge in [-0.1, -0.05) is 0 Å². The molecule has 1 heterocycles. The maximum absolute atomic E-state index is 11.7. The van der Waals surface area contributed by atoms with Gasteiger partial charge in [-0.3, -0.25) is 4.79 Å². The second-order valence-electron chi connectivity index (χ2n) is 5.46. The molecule has 1 aliphatic rings. The Morgan fingerprint density at radius 3 is 2.59 bits per heavy atom. The van der Waals surface area contributed by atoms with Crippen LogP contribution in [-0.4, -0.2) is 31.2 Å². The van der Waals surface area contributed by atoms with Gasteiger partial charge in [0.1, 0.15) is 5.60 Å². The van der Waals surface area contributed by atoms with Gasteiger partial charge in [0.15, 0.2) is 0 Å². The van der Waals surface area contributed by atoms with E-state index < -0.39 is 0 Å². The summed E-state index contributed by atoms with van der Waals surface area (Å²) in [6.07, 6.45) is 4.52. The third-order valence-electron chi connectivity index (χ3n) is 3.63. The number of carbonyl (C=O) groups is 1. The second kappa shape index (κ2) is 6.97. The first-order valence-electron chi connectivity index (χ1n) is 6.80. The summed E-state index contributed by atoms with van der Waals surface area (Å²) in [6, 6.07) is 0. The summed E-state index contributed by atoms with van der Waals surface area (Å²) in [5.74, 6) is 0.434. The summed E-state index contributed by atoms with van der Waals surface area (Å²) in [5.41, 5.74) is 5.09. The fourth-order valence-electron chi connectivity index (χ4n) is 2.46. The molecular formula is C13H27N2O2+. The minimum atomic E-state index is -0.311. The van der Waals surface area contributed by atoms with E-state index in [1.165, 1.54) is 0 Å². The number of hydrogen-bond acceptors (Lipinski definition) is 3. The van der Waals surface area contributed by atoms with E-state index in [4.69, 9.17) is 10.5 Å². The normalized spacial score (nSPS) is 18.1. The summed E-state index contributed by atoms with van der Waals surface area (Å²) >= 11 is 0. The van der Waals surface area contributed by atoms with Crippen molar-refractivity contribution < 1.29 is 14.8 Å². The highest BCUT2D eigenvalue weighted by Crippen LogP contribution is 2.28. The molecule has 0 aromatic rings. The predicted octanol–water partition coefficient (Wildman–Crippen LogP) is 0.411. The molecule has 1 saturated heterocycles. The lowest BCUT2D eigenvalue weighted by atomic mass is 9.83. The molecule has 4 heteroatoms. The van der Waals surface area contributed by atoms with Gasteiger partial charge in [-0.25, -0.2) is 0 Å². The van der Waals surface area contributed by atoms with Crippen LogP contribution in [0.3, 0.4) is 0 Å². The van der Waals surface area contributed by atoms with E-state index in [1.54, 1.807) is 0 Å². The molecule has 0 bridgehead atoms. The molecule has 1 fully saturated rings. The van der Waals surface area contributed by atoms with E-state index in [0.29, 0.717) is 18.9 Å². The minimum absolute atomic E-state index is 0.0713. The standard InChI is InChI=1S/C13H26N2O2/c1-13(2,11-6-9-15-10-7-11)17-12(16)5-3-4-8-14/h11,15H,3-10,14H2,1-2H3/p+1. The van der Waals surface area contributed by atoms with Gasteiger partial charge in [0.05, 0.1) is 13.1 Å². The van der Waals surface area contributed by atoms with E-state index in [2.05, 4.69) is 5.32 Å². The lowest BCUT2D eigenvalue weighted by Crippen LogP contribution is -2.86. The van der Waals surface area contributed by atoms with Crippen molar-refractivity contribution in [2.45, 2.75) is 51.6 Å². The molecule has 4 nitrogen and oxygen atoms in total. The molecule has 4 N–H and O–H groups in total. The molecule has 0 amide bonds. The maximum Gasteiger partial charge on any atom is 0.306 e. The van der Waals surface area contributed by atoms with Gasteiger partial charge < -0.3 is 15.8 Å². The van der Waals surface area contributed by atoms with Crippen molar-refractivity contribution in [1.82, 2.24) is 0 Å². The molecule has 0 aliphatic carbocycles. The third-order valence-corrected chi connectivity index (χ3v) is 3.63. The Balaban J connectivity index is 2.33. The van der Waals surface area contributed by atoms with Crippen molar-refractivity contribution in [3.05, 3.63) is 0 Å². The smallest absolute Gasteiger partial charge is 0.306 e. The van der Waals surface area contributed by atoms with Crippen LogP contribution in [0, 0.1) is 5.92 Å². The largest absolute Gasteiger partial charge is 0.459 e. The zero-order valence-corrected chi connectivity index (χ0v) is 11.2. The highest BCUT2D eigenvalue weighted by atomic mass is 16.6. The van der Waals surface area contributed by atoms with Gasteiger partial charge in [0.2, 0.25) is 0 Å². The first-order valence-corrected chi connectivity index (χ1v) is 6.80. The monoisotopic (exact) mass is 243 g/mol. The molecule has 0 radical (unpaired) electrons. The lowest BCUT2D eigenvalue weighted by molar-refractivity contribution is -0.665. The lowest BCUT2D eigenvalue weighted by Gasteiger charge is -2.35. The number of nitrogens with two attached hydrogens (primary N) is 2. The molecule has 0 aromatic carbocycles. The van der Waals surface area contributed by atoms with Gasteiger partial charge in [0, 0.05) is 25.2 Å². The third kappa shape index (κ3) is 5.04. The molecule has 17 heavy (non-hydrogen) atoms. The Labute approximate surface area is 104 Å². The van der Waals surface area contributed by atoms with Crippen LogP contribution >= 0.6 is 0 Å². The van der Waals surface area contributed by atoms with Gasteiger partial charge in [-0.15, -0.1) is 0 Å². The van der Waals surface area contributed by atoms with Crippen LogP contribution in [0.25, 0.3) is 0 Å². The number of ether oxygens (including phenoxy) is 1. The van der Waals surface area contributed by atoms with Crippen molar-refractivity contribution >= 4 is 5.97 Å². The number of carbonyl (C=O) groups excluding carboxylic acids is 1. The van der Waals surface area contributed by atoms with E-state index >= 15 is 0 Å². The Morgan fingerprint density at radius 2 is 2.00 bits per heavy atom. The summed E-state index contributed by atoms with van der Waals surface area (Å²) < 4.78 is 5.63. The van der Waals surface area contributed by atoms with Crippen LogP contribution in [0.1, 0.15) is 46.0 Å². The molecule has 0 atom stereocenters. The van der Waals surface area contributed by atoms with Crippen molar-refractivity contribution in [2.24, 2.45) is 11.7 Å². The van der Waals surface area contributed by atoms with Crippen LogP contribution < -0.4 is 11.1 Å². The van der Waals surface area contributed by atoms with E-state index in [1.807, 2.05) is 13.8 Å². The molecule has 0 unspecified atom stereocenters. The summed E-state index contributed by atoms with van der Waals surface area (Å²) in [4.78, 5) is 11.7. The number of rotatable bonds is 6. The van der Waals surface area contributed by atoms with Crippen LogP contribution in [0.4, 0.5) is 0 Å². The number of unbranched alkanes of at least 4 members (excludes halogenated alkanes) is 1. The Bertz CT molecular complexity index is 236. The molecule has 100 valence electrons. The van der Waals surface area contributed by atoms with Gasteiger partial charge in [0.25, 0.3) is 0 Å². The zero-order valence-electron chi connectivity index (χ0n) is 11.2. The van der Waals surface area contributed by atoms with Crippen molar-refractivity contribution in [3.63, 3.8) is 0 Å². The highest BCUT2D eigenvalue weighted by Gasteiger charge is 2.34. The van der Waals surface area contributed by atoms with E-state index in [9.17, 15) is 4.79 Å². The first kappa shape index (κ1) is 14.5. The molecule has 1 aliphatic heterocycles. The SMILES string of the molecule is CC(C)(OC(=O)CCCCN)C1CC[NH2+]CC1. The Hall–Kier alpha value is -0.610. The Kier molecular flexibility index (Phi) is 5.92. The molecule has 0 aromatic heterocycles. The average Bonchev–Trinajstić information content (AvgIpc) is 2.30.